The Morgan fingerprint density at radius 3 is 3.07 bits per heavy atom. The molecule has 0 unspecified atom stereocenters. The number of benzene rings is 1. The summed E-state index contributed by atoms with van der Waals surface area (Å²) >= 11 is 0. The van der Waals surface area contributed by atoms with Crippen LogP contribution in [0.25, 0.3) is 0 Å². The molecule has 1 aliphatic rings. The molecule has 4 N–H and O–H groups in total. The molecule has 0 aromatic heterocycles. The van der Waals surface area contributed by atoms with Crippen molar-refractivity contribution in [2.24, 2.45) is 0 Å². The van der Waals surface area contributed by atoms with Crippen molar-refractivity contribution in [3.63, 3.8) is 0 Å². The number of β-amino-alcohol motifs (C(OH)–C–C–N with tert-alkyl or cyclic N) is 1. The molecule has 0 spiro atoms. The fraction of sp³-hybridized carbons (Fsp3) is 0.300. The van der Waals surface area contributed by atoms with Crippen LogP contribution in [0.3, 0.4) is 0 Å². The average molecular weight is 207 g/mol. The molecular weight excluding hydrogens is 194 g/mol. The van der Waals surface area contributed by atoms with Crippen LogP contribution in [0.1, 0.15) is 0 Å². The van der Waals surface area contributed by atoms with Gasteiger partial charge in [0.15, 0.2) is 0 Å². The number of nitrogen functional groups attached to an aromatic ring is 1. The number of amides is 1. The third kappa shape index (κ3) is 1.87. The van der Waals surface area contributed by atoms with Gasteiger partial charge in [0, 0.05) is 12.2 Å². The number of nitrogens with two attached hydrogens (primary N) is 1. The molecule has 0 bridgehead atoms. The summed E-state index contributed by atoms with van der Waals surface area (Å²) in [7, 11) is 0. The van der Waals surface area contributed by atoms with Crippen LogP contribution in [0.5, 0.6) is 0 Å². The number of hydrogen-bond donors (Lipinski definition) is 3. The zero-order valence-corrected chi connectivity index (χ0v) is 8.23. The summed E-state index contributed by atoms with van der Waals surface area (Å²) in [6.07, 6.45) is 0. The van der Waals surface area contributed by atoms with Gasteiger partial charge in [-0.2, -0.15) is 0 Å². The molecule has 0 aliphatic carbocycles. The first-order valence-corrected chi connectivity index (χ1v) is 4.76. The van der Waals surface area contributed by atoms with Crippen LogP contribution in [0.4, 0.5) is 17.1 Å². The Morgan fingerprint density at radius 2 is 2.33 bits per heavy atom. The van der Waals surface area contributed by atoms with Crippen LogP contribution in [-0.2, 0) is 4.79 Å². The summed E-state index contributed by atoms with van der Waals surface area (Å²) < 4.78 is 0. The zero-order valence-electron chi connectivity index (χ0n) is 8.23. The number of anilines is 3. The maximum absolute atomic E-state index is 11.3. The second-order valence-electron chi connectivity index (χ2n) is 3.47. The van der Waals surface area contributed by atoms with E-state index in [1.165, 1.54) is 0 Å². The van der Waals surface area contributed by atoms with Crippen molar-refractivity contribution >= 4 is 23.0 Å². The van der Waals surface area contributed by atoms with Gasteiger partial charge in [-0.05, 0) is 18.2 Å². The van der Waals surface area contributed by atoms with E-state index in [0.717, 1.165) is 5.69 Å². The van der Waals surface area contributed by atoms with Gasteiger partial charge in [0.25, 0.3) is 0 Å². The Kier molecular flexibility index (Phi) is 2.47. The van der Waals surface area contributed by atoms with Gasteiger partial charge in [-0.3, -0.25) is 4.79 Å². The monoisotopic (exact) mass is 207 g/mol. The lowest BCUT2D eigenvalue weighted by Crippen LogP contribution is -2.39. The van der Waals surface area contributed by atoms with Crippen LogP contribution in [0, 0.1) is 0 Å². The minimum absolute atomic E-state index is 0.0249. The molecule has 0 atom stereocenters. The first kappa shape index (κ1) is 9.79. The second-order valence-corrected chi connectivity index (χ2v) is 3.47. The predicted octanol–water partition coefficient (Wildman–Crippen LogP) is 0.0196. The Bertz CT molecular complexity index is 392. The van der Waals surface area contributed by atoms with E-state index in [4.69, 9.17) is 10.8 Å². The molecular formula is C10H13N3O2. The topological polar surface area (TPSA) is 78.6 Å². The van der Waals surface area contributed by atoms with Gasteiger partial charge in [-0.25, -0.2) is 0 Å². The average Bonchev–Trinajstić information content (AvgIpc) is 2.17. The van der Waals surface area contributed by atoms with Crippen molar-refractivity contribution < 1.29 is 9.90 Å². The van der Waals surface area contributed by atoms with Crippen LogP contribution in [0.15, 0.2) is 18.2 Å². The Hall–Kier alpha value is -1.75. The predicted molar refractivity (Wildman–Crippen MR) is 58.8 cm³/mol. The van der Waals surface area contributed by atoms with Gasteiger partial charge in [-0.1, -0.05) is 0 Å². The summed E-state index contributed by atoms with van der Waals surface area (Å²) in [6, 6.07) is 5.34. The van der Waals surface area contributed by atoms with Gasteiger partial charge in [-0.15, -0.1) is 0 Å². The van der Waals surface area contributed by atoms with Crippen molar-refractivity contribution in [1.29, 1.82) is 0 Å². The van der Waals surface area contributed by atoms with Crippen molar-refractivity contribution in [3.8, 4) is 0 Å². The van der Waals surface area contributed by atoms with Gasteiger partial charge >= 0.3 is 0 Å². The fourth-order valence-corrected chi connectivity index (χ4v) is 1.70. The first-order valence-electron chi connectivity index (χ1n) is 4.76. The number of nitrogens with zero attached hydrogens (tertiary/aromatic N) is 1. The molecule has 1 aromatic rings. The number of aliphatic hydroxyl groups excluding tert-OH is 1. The molecule has 1 heterocycles. The summed E-state index contributed by atoms with van der Waals surface area (Å²) in [4.78, 5) is 13.2. The Balaban J connectivity index is 2.37. The van der Waals surface area contributed by atoms with E-state index in [0.29, 0.717) is 17.9 Å². The van der Waals surface area contributed by atoms with Crippen molar-refractivity contribution in [2.75, 3.05) is 35.6 Å². The Labute approximate surface area is 87.5 Å². The maximum atomic E-state index is 11.3. The lowest BCUT2D eigenvalue weighted by Gasteiger charge is -2.30. The van der Waals surface area contributed by atoms with E-state index in [1.54, 1.807) is 12.1 Å². The van der Waals surface area contributed by atoms with Crippen LogP contribution in [-0.4, -0.2) is 30.7 Å². The van der Waals surface area contributed by atoms with E-state index < -0.39 is 0 Å². The number of rotatable bonds is 2. The van der Waals surface area contributed by atoms with Crippen molar-refractivity contribution in [3.05, 3.63) is 18.2 Å². The SMILES string of the molecule is Nc1ccc2c(c1)NC(=O)CN2CCO. The molecule has 5 heteroatoms. The number of aliphatic hydroxyl groups is 1. The number of carbonyl (C=O) groups is 1. The van der Waals surface area contributed by atoms with Crippen LogP contribution < -0.4 is 16.0 Å². The molecule has 80 valence electrons. The van der Waals surface area contributed by atoms with Crippen molar-refractivity contribution in [1.82, 2.24) is 0 Å². The molecule has 0 saturated carbocycles. The second kappa shape index (κ2) is 3.78. The quantitative estimate of drug-likeness (QED) is 0.597. The normalized spacial score (nSPS) is 14.7. The van der Waals surface area contributed by atoms with Crippen LogP contribution in [0.2, 0.25) is 0 Å². The van der Waals surface area contributed by atoms with E-state index in [1.807, 2.05) is 11.0 Å². The molecule has 2 rings (SSSR count). The van der Waals surface area contributed by atoms with Gasteiger partial charge in [0.05, 0.1) is 24.5 Å². The Morgan fingerprint density at radius 1 is 1.53 bits per heavy atom. The lowest BCUT2D eigenvalue weighted by molar-refractivity contribution is -0.115. The summed E-state index contributed by atoms with van der Waals surface area (Å²) in [6.45, 7) is 0.749. The van der Waals surface area contributed by atoms with Gasteiger partial charge in [0.1, 0.15) is 0 Å². The third-order valence-corrected chi connectivity index (χ3v) is 2.34. The largest absolute Gasteiger partial charge is 0.399 e. The highest BCUT2D eigenvalue weighted by Crippen LogP contribution is 2.30. The first-order chi connectivity index (χ1) is 7.20. The number of hydrogen-bond acceptors (Lipinski definition) is 4. The molecule has 15 heavy (non-hydrogen) atoms. The molecule has 1 aromatic carbocycles. The van der Waals surface area contributed by atoms with E-state index >= 15 is 0 Å². The smallest absolute Gasteiger partial charge is 0.243 e. The minimum Gasteiger partial charge on any atom is -0.399 e. The number of carbonyl (C=O) groups excluding carboxylic acids is 1. The van der Waals surface area contributed by atoms with Crippen LogP contribution >= 0.6 is 0 Å². The highest BCUT2D eigenvalue weighted by atomic mass is 16.3. The highest BCUT2D eigenvalue weighted by molar-refractivity contribution is 6.01. The lowest BCUT2D eigenvalue weighted by atomic mass is 10.1. The number of fused-ring (bicyclic) bond motifs is 1. The zero-order chi connectivity index (χ0) is 10.8. The van der Waals surface area contributed by atoms with E-state index in [-0.39, 0.29) is 19.1 Å². The summed E-state index contributed by atoms with van der Waals surface area (Å²) in [5, 5.41) is 11.6. The minimum atomic E-state index is -0.0819. The van der Waals surface area contributed by atoms with Gasteiger partial charge < -0.3 is 21.1 Å². The third-order valence-electron chi connectivity index (χ3n) is 2.34. The molecule has 0 saturated heterocycles. The molecule has 0 fully saturated rings. The summed E-state index contributed by atoms with van der Waals surface area (Å²) in [5.74, 6) is -0.0819. The van der Waals surface area contributed by atoms with Gasteiger partial charge in [0.2, 0.25) is 5.91 Å². The molecule has 0 radical (unpaired) electrons. The highest BCUT2D eigenvalue weighted by Gasteiger charge is 2.21. The van der Waals surface area contributed by atoms with E-state index in [9.17, 15) is 4.79 Å². The maximum Gasteiger partial charge on any atom is 0.243 e. The molecule has 5 nitrogen and oxygen atoms in total. The van der Waals surface area contributed by atoms with Crippen molar-refractivity contribution in [2.45, 2.75) is 0 Å². The summed E-state index contributed by atoms with van der Waals surface area (Å²) in [5.41, 5.74) is 7.85. The molecule has 1 amide bonds. The standard InChI is InChI=1S/C10H13N3O2/c11-7-1-2-9-8(5-7)12-10(15)6-13(9)3-4-14/h1-2,5,14H,3-4,6,11H2,(H,12,15). The fourth-order valence-electron chi connectivity index (χ4n) is 1.70. The van der Waals surface area contributed by atoms with E-state index in [2.05, 4.69) is 5.32 Å². The number of nitrogens with one attached hydrogen (secondary N) is 1. The molecule has 1 aliphatic heterocycles.